The van der Waals surface area contributed by atoms with Gasteiger partial charge in [-0.05, 0) is 30.3 Å². The molecule has 4 rings (SSSR count). The van der Waals surface area contributed by atoms with Crippen LogP contribution >= 0.6 is 0 Å². The van der Waals surface area contributed by atoms with Gasteiger partial charge in [-0.15, -0.1) is 10.2 Å². The topological polar surface area (TPSA) is 63.0 Å². The Bertz CT molecular complexity index is 886. The van der Waals surface area contributed by atoms with E-state index in [-0.39, 0.29) is 5.82 Å². The predicted molar refractivity (Wildman–Crippen MR) is 92.8 cm³/mol. The van der Waals surface area contributed by atoms with Crippen LogP contribution in [-0.2, 0) is 6.18 Å². The first-order valence-corrected chi connectivity index (χ1v) is 8.38. The van der Waals surface area contributed by atoms with Gasteiger partial charge in [0.05, 0.1) is 5.56 Å². The first-order chi connectivity index (χ1) is 13.0. The van der Waals surface area contributed by atoms with E-state index < -0.39 is 11.7 Å². The quantitative estimate of drug-likeness (QED) is 0.701. The molecule has 0 bridgehead atoms. The highest BCUT2D eigenvalue weighted by atomic mass is 19.4. The highest BCUT2D eigenvalue weighted by molar-refractivity contribution is 5.51. The second kappa shape index (κ2) is 6.86. The lowest BCUT2D eigenvalue weighted by Gasteiger charge is -2.36. The molecule has 0 unspecified atom stereocenters. The van der Waals surface area contributed by atoms with Crippen LogP contribution in [0.2, 0.25) is 0 Å². The smallest absolute Gasteiger partial charge is 0.353 e. The lowest BCUT2D eigenvalue weighted by atomic mass is 10.2. The molecule has 27 heavy (non-hydrogen) atoms. The maximum atomic E-state index is 13.2. The van der Waals surface area contributed by atoms with Crippen molar-refractivity contribution in [3.8, 4) is 5.82 Å². The Morgan fingerprint density at radius 3 is 2.15 bits per heavy atom. The lowest BCUT2D eigenvalue weighted by molar-refractivity contribution is -0.137. The molecule has 140 valence electrons. The molecule has 3 aromatic heterocycles. The number of halogens is 3. The molecule has 10 heteroatoms. The summed E-state index contributed by atoms with van der Waals surface area (Å²) < 4.78 is 41.2. The minimum absolute atomic E-state index is 0.0234. The fourth-order valence-electron chi connectivity index (χ4n) is 3.03. The van der Waals surface area contributed by atoms with E-state index in [4.69, 9.17) is 0 Å². The minimum Gasteiger partial charge on any atom is -0.353 e. The monoisotopic (exact) mass is 375 g/mol. The van der Waals surface area contributed by atoms with E-state index >= 15 is 0 Å². The molecule has 1 fully saturated rings. The van der Waals surface area contributed by atoms with E-state index in [1.807, 2.05) is 17.0 Å². The van der Waals surface area contributed by atoms with E-state index in [0.29, 0.717) is 37.8 Å². The standard InChI is InChI=1S/C17H16F3N7/c18-17(19,20)13-3-1-6-21-16(13)26-11-9-25(10-12-26)14-4-5-15(24-23-14)27-8-2-7-22-27/h1-8H,9-12H2. The van der Waals surface area contributed by atoms with E-state index in [9.17, 15) is 13.2 Å². The Kier molecular flexibility index (Phi) is 4.38. The average Bonchev–Trinajstić information content (AvgIpc) is 3.22. The molecule has 4 heterocycles. The molecule has 0 aromatic carbocycles. The highest BCUT2D eigenvalue weighted by Crippen LogP contribution is 2.35. The molecule has 0 amide bonds. The van der Waals surface area contributed by atoms with Gasteiger partial charge in [0.15, 0.2) is 11.6 Å². The summed E-state index contributed by atoms with van der Waals surface area (Å²) in [6.07, 6.45) is 0.389. The number of hydrogen-bond acceptors (Lipinski definition) is 6. The molecule has 0 radical (unpaired) electrons. The first kappa shape index (κ1) is 17.3. The zero-order valence-corrected chi connectivity index (χ0v) is 14.2. The van der Waals surface area contributed by atoms with Gasteiger partial charge < -0.3 is 9.80 Å². The van der Waals surface area contributed by atoms with E-state index in [1.54, 1.807) is 28.0 Å². The second-order valence-corrected chi connectivity index (χ2v) is 6.05. The zero-order valence-electron chi connectivity index (χ0n) is 14.2. The van der Waals surface area contributed by atoms with Crippen molar-refractivity contribution in [2.75, 3.05) is 36.0 Å². The Morgan fingerprint density at radius 1 is 0.815 bits per heavy atom. The van der Waals surface area contributed by atoms with Gasteiger partial charge in [-0.3, -0.25) is 0 Å². The fourth-order valence-corrected chi connectivity index (χ4v) is 3.03. The van der Waals surface area contributed by atoms with Gasteiger partial charge in [-0.1, -0.05) is 0 Å². The summed E-state index contributed by atoms with van der Waals surface area (Å²) in [6.45, 7) is 1.90. The SMILES string of the molecule is FC(F)(F)c1cccnc1N1CCN(c2ccc(-n3cccn3)nn2)CC1. The summed E-state index contributed by atoms with van der Waals surface area (Å²) in [6, 6.07) is 7.80. The molecule has 0 aliphatic carbocycles. The molecule has 7 nitrogen and oxygen atoms in total. The second-order valence-electron chi connectivity index (χ2n) is 6.05. The molecule has 0 atom stereocenters. The number of rotatable bonds is 3. The van der Waals surface area contributed by atoms with Gasteiger partial charge in [0.2, 0.25) is 0 Å². The van der Waals surface area contributed by atoms with Crippen LogP contribution in [0, 0.1) is 0 Å². The van der Waals surface area contributed by atoms with Gasteiger partial charge in [0, 0.05) is 44.8 Å². The molecule has 0 spiro atoms. The van der Waals surface area contributed by atoms with Crippen LogP contribution in [0.5, 0.6) is 0 Å². The third-order valence-electron chi connectivity index (χ3n) is 4.37. The third-order valence-corrected chi connectivity index (χ3v) is 4.37. The van der Waals surface area contributed by atoms with Crippen LogP contribution < -0.4 is 9.80 Å². The molecule has 1 saturated heterocycles. The summed E-state index contributed by atoms with van der Waals surface area (Å²) in [5, 5.41) is 12.5. The maximum Gasteiger partial charge on any atom is 0.419 e. The largest absolute Gasteiger partial charge is 0.419 e. The van der Waals surface area contributed by atoms with Crippen LogP contribution in [-0.4, -0.2) is 51.1 Å². The Labute approximate surface area is 153 Å². The molecule has 0 saturated carbocycles. The van der Waals surface area contributed by atoms with Crippen molar-refractivity contribution >= 4 is 11.6 Å². The van der Waals surface area contributed by atoms with Crippen molar-refractivity contribution in [3.05, 3.63) is 54.5 Å². The van der Waals surface area contributed by atoms with Crippen LogP contribution in [0.4, 0.5) is 24.8 Å². The van der Waals surface area contributed by atoms with Crippen molar-refractivity contribution in [2.45, 2.75) is 6.18 Å². The van der Waals surface area contributed by atoms with E-state index in [0.717, 1.165) is 6.07 Å². The summed E-state index contributed by atoms with van der Waals surface area (Å²) in [5.74, 6) is 1.26. The number of hydrogen-bond donors (Lipinski definition) is 0. The fraction of sp³-hybridized carbons (Fsp3) is 0.294. The number of pyridine rings is 1. The summed E-state index contributed by atoms with van der Waals surface area (Å²) in [4.78, 5) is 7.61. The Morgan fingerprint density at radius 2 is 1.52 bits per heavy atom. The molecule has 0 N–H and O–H groups in total. The van der Waals surface area contributed by atoms with Crippen molar-refractivity contribution < 1.29 is 13.2 Å². The number of anilines is 2. The molecular formula is C17H16F3N7. The van der Waals surface area contributed by atoms with Gasteiger partial charge in [-0.2, -0.15) is 18.3 Å². The van der Waals surface area contributed by atoms with Crippen LogP contribution in [0.3, 0.4) is 0 Å². The minimum atomic E-state index is -4.42. The van der Waals surface area contributed by atoms with Gasteiger partial charge in [0.25, 0.3) is 0 Å². The predicted octanol–water partition coefficient (Wildman–Crippen LogP) is 2.40. The Hall–Kier alpha value is -3.17. The van der Waals surface area contributed by atoms with Crippen LogP contribution in [0.15, 0.2) is 48.9 Å². The van der Waals surface area contributed by atoms with Crippen molar-refractivity contribution in [1.82, 2.24) is 25.0 Å². The number of nitrogens with zero attached hydrogens (tertiary/aromatic N) is 7. The summed E-state index contributed by atoms with van der Waals surface area (Å²) in [7, 11) is 0. The molecular weight excluding hydrogens is 359 g/mol. The van der Waals surface area contributed by atoms with E-state index in [2.05, 4.69) is 20.3 Å². The number of alkyl halides is 3. The average molecular weight is 375 g/mol. The summed E-state index contributed by atoms with van der Waals surface area (Å²) in [5.41, 5.74) is -0.707. The third kappa shape index (κ3) is 3.55. The zero-order chi connectivity index (χ0) is 18.9. The highest BCUT2D eigenvalue weighted by Gasteiger charge is 2.36. The van der Waals surface area contributed by atoms with Crippen molar-refractivity contribution in [1.29, 1.82) is 0 Å². The van der Waals surface area contributed by atoms with Crippen molar-refractivity contribution in [3.63, 3.8) is 0 Å². The van der Waals surface area contributed by atoms with Crippen molar-refractivity contribution in [2.24, 2.45) is 0 Å². The van der Waals surface area contributed by atoms with E-state index in [1.165, 1.54) is 12.3 Å². The first-order valence-electron chi connectivity index (χ1n) is 8.38. The van der Waals surface area contributed by atoms with Crippen LogP contribution in [0.25, 0.3) is 5.82 Å². The van der Waals surface area contributed by atoms with Crippen LogP contribution in [0.1, 0.15) is 5.56 Å². The normalized spacial score (nSPS) is 15.2. The molecule has 1 aliphatic rings. The van der Waals surface area contributed by atoms with Gasteiger partial charge in [0.1, 0.15) is 5.82 Å². The molecule has 3 aromatic rings. The number of piperazine rings is 1. The maximum absolute atomic E-state index is 13.2. The number of aromatic nitrogens is 5. The van der Waals surface area contributed by atoms with Gasteiger partial charge >= 0.3 is 6.18 Å². The van der Waals surface area contributed by atoms with Gasteiger partial charge in [-0.25, -0.2) is 9.67 Å². The summed E-state index contributed by atoms with van der Waals surface area (Å²) >= 11 is 0. The Balaban J connectivity index is 1.45. The lowest BCUT2D eigenvalue weighted by Crippen LogP contribution is -2.47. The molecule has 1 aliphatic heterocycles.